The smallest absolute Gasteiger partial charge is 0.256 e. The van der Waals surface area contributed by atoms with Crippen LogP contribution >= 0.6 is 12.2 Å². The molecule has 3 nitrogen and oxygen atoms in total. The van der Waals surface area contributed by atoms with Gasteiger partial charge in [-0.1, -0.05) is 0 Å². The van der Waals surface area contributed by atoms with E-state index in [2.05, 4.69) is 5.32 Å². The molecule has 1 saturated heterocycles. The highest BCUT2D eigenvalue weighted by Gasteiger charge is 2.26. The molecule has 3 atom stereocenters. The summed E-state index contributed by atoms with van der Waals surface area (Å²) in [6.45, 7) is -0.480. The quantitative estimate of drug-likeness (QED) is 0.598. The van der Waals surface area contributed by atoms with E-state index in [-0.39, 0.29) is 19.1 Å². The van der Waals surface area contributed by atoms with Crippen molar-refractivity contribution >= 4 is 17.4 Å². The van der Waals surface area contributed by atoms with Crippen LogP contribution in [0.15, 0.2) is 0 Å². The van der Waals surface area contributed by atoms with E-state index in [1.165, 1.54) is 0 Å². The predicted octanol–water partition coefficient (Wildman–Crippen LogP) is 0.685. The largest absolute Gasteiger partial charge is 0.465 e. The van der Waals surface area contributed by atoms with Crippen LogP contribution in [0, 0.1) is 0 Å². The minimum absolute atomic E-state index is 0.104. The van der Waals surface area contributed by atoms with E-state index >= 15 is 0 Å². The molecule has 1 aliphatic heterocycles. The summed E-state index contributed by atoms with van der Waals surface area (Å²) < 4.78 is 24.9. The van der Waals surface area contributed by atoms with Crippen LogP contribution in [0.2, 0.25) is 0 Å². The van der Waals surface area contributed by atoms with Gasteiger partial charge < -0.3 is 14.8 Å². The highest BCUT2D eigenvalue weighted by atomic mass is 32.1. The molecule has 0 saturated carbocycles. The first-order chi connectivity index (χ1) is 6.17. The molecule has 0 aromatic carbocycles. The van der Waals surface area contributed by atoms with Gasteiger partial charge in [0.1, 0.15) is 6.10 Å². The zero-order chi connectivity index (χ0) is 9.84. The Balaban J connectivity index is 2.43. The van der Waals surface area contributed by atoms with Gasteiger partial charge in [0.2, 0.25) is 0 Å². The van der Waals surface area contributed by atoms with Crippen molar-refractivity contribution < 1.29 is 12.2 Å². The summed E-state index contributed by atoms with van der Waals surface area (Å²) in [7, 11) is 1.67. The molecule has 0 aliphatic carbocycles. The maximum Gasteiger partial charge on any atom is 0.256 e. The summed E-state index contributed by atoms with van der Waals surface area (Å²) in [5, 5.41) is 2.98. The van der Waals surface area contributed by atoms with Gasteiger partial charge in [-0.15, -0.1) is 0 Å². The van der Waals surface area contributed by atoms with E-state index in [0.29, 0.717) is 11.6 Å². The summed E-state index contributed by atoms with van der Waals surface area (Å²) >= 11 is 4.82. The molecule has 1 aliphatic rings. The molecule has 1 rings (SSSR count). The van der Waals surface area contributed by atoms with Crippen LogP contribution in [0.3, 0.4) is 0 Å². The topological polar surface area (TPSA) is 30.5 Å². The van der Waals surface area contributed by atoms with E-state index in [9.17, 15) is 0 Å². The molecule has 1 N–H and O–H groups in total. The molecule has 64 valence electrons. The summed E-state index contributed by atoms with van der Waals surface area (Å²) in [4.78, 5) is 0. The van der Waals surface area contributed by atoms with E-state index < -0.39 is 6.58 Å². The Kier molecular flexibility index (Phi) is 2.18. The third-order valence-corrected chi connectivity index (χ3v) is 1.78. The summed E-state index contributed by atoms with van der Waals surface area (Å²) in [6.07, 6.45) is -0.0977. The van der Waals surface area contributed by atoms with Crippen molar-refractivity contribution in [3.8, 4) is 0 Å². The molecule has 0 radical (unpaired) electrons. The lowest BCUT2D eigenvalue weighted by Gasteiger charge is -2.16. The molecular formula is C7H13NO2S. The van der Waals surface area contributed by atoms with Crippen LogP contribution in [-0.4, -0.2) is 31.0 Å². The van der Waals surface area contributed by atoms with Gasteiger partial charge >= 0.3 is 0 Å². The average Bonchev–Trinajstić information content (AvgIpc) is 2.46. The first-order valence-electron chi connectivity index (χ1n) is 4.71. The Morgan fingerprint density at radius 2 is 2.91 bits per heavy atom. The fourth-order valence-electron chi connectivity index (χ4n) is 0.834. The molecule has 0 spiro atoms. The molecule has 1 heterocycles. The van der Waals surface area contributed by atoms with Crippen molar-refractivity contribution in [3.63, 3.8) is 0 Å². The van der Waals surface area contributed by atoms with Crippen LogP contribution in [0.1, 0.15) is 16.1 Å². The van der Waals surface area contributed by atoms with Crippen LogP contribution in [0.4, 0.5) is 0 Å². The molecular weight excluding hydrogens is 162 g/mol. The third kappa shape index (κ3) is 2.31. The minimum atomic E-state index is -0.583. The Morgan fingerprint density at radius 3 is 3.55 bits per heavy atom. The van der Waals surface area contributed by atoms with Crippen molar-refractivity contribution in [3.05, 3.63) is 0 Å². The maximum absolute atomic E-state index is 7.35. The molecule has 4 heteroatoms. The number of thiocarbonyl (C=S) groups is 1. The second-order valence-electron chi connectivity index (χ2n) is 2.27. The van der Waals surface area contributed by atoms with E-state index in [1.54, 1.807) is 7.05 Å². The molecule has 1 unspecified atom stereocenters. The number of rotatable bonds is 1. The zero-order valence-electron chi connectivity index (χ0n) is 8.37. The lowest BCUT2D eigenvalue weighted by molar-refractivity contribution is 0.0617. The summed E-state index contributed by atoms with van der Waals surface area (Å²) in [5.41, 5.74) is 0. The molecule has 0 bridgehead atoms. The first-order valence-corrected chi connectivity index (χ1v) is 3.83. The van der Waals surface area contributed by atoms with Crippen LogP contribution in [-0.2, 0) is 9.47 Å². The maximum atomic E-state index is 7.35. The number of hydrogen-bond donors (Lipinski definition) is 1. The SMILES string of the molecule is [2H]C[C@H]1O[C@@H]([3H])CC1OC(=S)NC. The lowest BCUT2D eigenvalue weighted by Crippen LogP contribution is -2.29. The average molecular weight is 178 g/mol. The minimum Gasteiger partial charge on any atom is -0.465 e. The molecule has 0 amide bonds. The van der Waals surface area contributed by atoms with Gasteiger partial charge in [-0.3, -0.25) is 0 Å². The Labute approximate surface area is 74.9 Å². The van der Waals surface area contributed by atoms with Gasteiger partial charge in [0, 0.05) is 14.8 Å². The van der Waals surface area contributed by atoms with Gasteiger partial charge in [-0.05, 0) is 19.1 Å². The fraction of sp³-hybridized carbons (Fsp3) is 0.857. The van der Waals surface area contributed by atoms with E-state index in [1.807, 2.05) is 0 Å². The first kappa shape index (κ1) is 6.20. The second kappa shape index (κ2) is 3.88. The van der Waals surface area contributed by atoms with E-state index in [4.69, 9.17) is 24.4 Å². The number of nitrogens with one attached hydrogen (secondary N) is 1. The van der Waals surface area contributed by atoms with Gasteiger partial charge in [0.15, 0.2) is 0 Å². The zero-order valence-corrected chi connectivity index (χ0v) is 7.19. The van der Waals surface area contributed by atoms with Crippen LogP contribution in [0.5, 0.6) is 0 Å². The predicted molar refractivity (Wildman–Crippen MR) is 46.6 cm³/mol. The third-order valence-electron chi connectivity index (χ3n) is 1.48. The summed E-state index contributed by atoms with van der Waals surface area (Å²) in [6, 6.07) is 0. The molecule has 1 fully saturated rings. The van der Waals surface area contributed by atoms with Crippen LogP contribution < -0.4 is 5.32 Å². The van der Waals surface area contributed by atoms with Gasteiger partial charge in [-0.2, -0.15) is 0 Å². The van der Waals surface area contributed by atoms with E-state index in [0.717, 1.165) is 0 Å². The summed E-state index contributed by atoms with van der Waals surface area (Å²) in [5.74, 6) is 0. The lowest BCUT2D eigenvalue weighted by atomic mass is 10.2. The van der Waals surface area contributed by atoms with Crippen molar-refractivity contribution in [1.82, 2.24) is 5.32 Å². The molecule has 0 aromatic heterocycles. The van der Waals surface area contributed by atoms with Gasteiger partial charge in [0.05, 0.1) is 14.1 Å². The number of ether oxygens (including phenoxy) is 2. The van der Waals surface area contributed by atoms with Gasteiger partial charge in [-0.25, -0.2) is 0 Å². The standard InChI is InChI=1S/C7H13NO2S/c1-5-6(3-4-9-5)10-7(11)8-2/h5-6H,3-4H2,1-2H3,(H,8,11)/t5-,6?/m1/s1/i1D,4T/t4-,5+,6?/m0. The Bertz CT molecular complexity index is 193. The molecule has 0 aromatic rings. The molecule has 11 heavy (non-hydrogen) atoms. The van der Waals surface area contributed by atoms with Gasteiger partial charge in [0.25, 0.3) is 5.17 Å². The Morgan fingerprint density at radius 1 is 2.09 bits per heavy atom. The fourth-order valence-corrected chi connectivity index (χ4v) is 0.957. The van der Waals surface area contributed by atoms with Crippen molar-refractivity contribution in [2.75, 3.05) is 13.6 Å². The van der Waals surface area contributed by atoms with Crippen LogP contribution in [0.25, 0.3) is 0 Å². The Hall–Kier alpha value is -0.350. The van der Waals surface area contributed by atoms with Crippen molar-refractivity contribution in [2.24, 2.45) is 0 Å². The van der Waals surface area contributed by atoms with Crippen molar-refractivity contribution in [1.29, 1.82) is 0 Å². The second-order valence-corrected chi connectivity index (χ2v) is 2.64. The highest BCUT2D eigenvalue weighted by molar-refractivity contribution is 7.80. The normalized spacial score (nSPS) is 39.2. The monoisotopic (exact) mass is 178 g/mol. The highest BCUT2D eigenvalue weighted by Crippen LogP contribution is 2.16. The number of hydrogen-bond acceptors (Lipinski definition) is 3. The van der Waals surface area contributed by atoms with Crippen molar-refractivity contribution in [2.45, 2.75) is 25.5 Å².